The van der Waals surface area contributed by atoms with Crippen LogP contribution in [0.25, 0.3) is 122 Å². The SMILES string of the molecule is CC(C)(C)c1ccc2c(c1)c1cc(-n3c4ccccc4c4ccccc43)ccc1n2-c1cc(-n2c3ccc(-n4c5ccccc5c5ccccc54)cc3c3cc(C(C)(C)C)ccc32)nc(-c2ccccc2)n1. The highest BCUT2D eigenvalue weighted by molar-refractivity contribution is 6.14. The van der Waals surface area contributed by atoms with Crippen LogP contribution in [0.5, 0.6) is 0 Å². The summed E-state index contributed by atoms with van der Waals surface area (Å²) in [4.78, 5) is 11.0. The van der Waals surface area contributed by atoms with Crippen LogP contribution in [0.2, 0.25) is 0 Å². The fourth-order valence-electron chi connectivity index (χ4n) is 11.5. The molecule has 0 aliphatic heterocycles. The summed E-state index contributed by atoms with van der Waals surface area (Å²) in [7, 11) is 0. The first-order chi connectivity index (χ1) is 35.0. The highest BCUT2D eigenvalue weighted by atomic mass is 15.1. The summed E-state index contributed by atoms with van der Waals surface area (Å²) in [5, 5.41) is 9.69. The zero-order chi connectivity index (χ0) is 48.6. The van der Waals surface area contributed by atoms with E-state index in [1.54, 1.807) is 0 Å². The molecule has 9 aromatic carbocycles. The van der Waals surface area contributed by atoms with E-state index in [9.17, 15) is 0 Å². The van der Waals surface area contributed by atoms with Gasteiger partial charge in [0.15, 0.2) is 5.82 Å². The molecular weight excluding hydrogens is 877 g/mol. The van der Waals surface area contributed by atoms with Gasteiger partial charge in [0, 0.05) is 66.1 Å². The van der Waals surface area contributed by atoms with Gasteiger partial charge in [-0.3, -0.25) is 9.13 Å². The molecule has 6 nitrogen and oxygen atoms in total. The van der Waals surface area contributed by atoms with Crippen LogP contribution in [-0.4, -0.2) is 28.2 Å². The molecule has 6 heteroatoms. The van der Waals surface area contributed by atoms with E-state index < -0.39 is 0 Å². The highest BCUT2D eigenvalue weighted by Crippen LogP contribution is 2.42. The third-order valence-electron chi connectivity index (χ3n) is 15.1. The van der Waals surface area contributed by atoms with E-state index in [1.807, 2.05) is 0 Å². The molecule has 0 amide bonds. The number of para-hydroxylation sites is 4. The normalized spacial score (nSPS) is 12.6. The van der Waals surface area contributed by atoms with Crippen molar-refractivity contribution in [2.75, 3.05) is 0 Å². The molecule has 0 saturated carbocycles. The molecule has 14 rings (SSSR count). The van der Waals surface area contributed by atoms with Crippen molar-refractivity contribution in [2.24, 2.45) is 0 Å². The molecule has 0 spiro atoms. The summed E-state index contributed by atoms with van der Waals surface area (Å²) in [6.07, 6.45) is 0. The van der Waals surface area contributed by atoms with Crippen LogP contribution in [0.3, 0.4) is 0 Å². The molecule has 0 saturated heterocycles. The van der Waals surface area contributed by atoms with Gasteiger partial charge in [0.1, 0.15) is 11.6 Å². The van der Waals surface area contributed by atoms with Gasteiger partial charge in [-0.2, -0.15) is 0 Å². The third kappa shape index (κ3) is 6.34. The first-order valence-electron chi connectivity index (χ1n) is 25.1. The zero-order valence-corrected chi connectivity index (χ0v) is 41.3. The molecule has 72 heavy (non-hydrogen) atoms. The van der Waals surface area contributed by atoms with Gasteiger partial charge < -0.3 is 9.13 Å². The van der Waals surface area contributed by atoms with Gasteiger partial charge in [0.05, 0.1) is 44.1 Å². The Labute approximate surface area is 417 Å². The van der Waals surface area contributed by atoms with Gasteiger partial charge in [-0.1, -0.05) is 157 Å². The number of fused-ring (bicyclic) bond motifs is 12. The van der Waals surface area contributed by atoms with Crippen molar-refractivity contribution in [3.8, 4) is 34.4 Å². The molecule has 5 heterocycles. The van der Waals surface area contributed by atoms with E-state index in [2.05, 4.69) is 266 Å². The maximum absolute atomic E-state index is 5.52. The lowest BCUT2D eigenvalue weighted by Crippen LogP contribution is -2.11. The van der Waals surface area contributed by atoms with E-state index in [1.165, 1.54) is 76.3 Å². The quantitative estimate of drug-likeness (QED) is 0.173. The fourth-order valence-corrected chi connectivity index (χ4v) is 11.5. The van der Waals surface area contributed by atoms with Crippen molar-refractivity contribution < 1.29 is 0 Å². The molecule has 0 N–H and O–H groups in total. The standard InChI is InChI=1S/C66H52N6/c1-65(2,3)42-28-32-58-50(36-42)52-38-44(69-54-24-14-10-20-46(54)47-21-11-15-25-55(47)69)30-34-60(52)71(58)62-40-63(68-64(67-62)41-18-8-7-9-19-41)72-59-33-29-43(66(4,5)6)37-51(59)53-39-45(31-35-61(53)72)70-56-26-16-12-22-48(56)49-23-13-17-27-57(49)70/h7-40H,1-6H3. The topological polar surface area (TPSA) is 45.5 Å². The van der Waals surface area contributed by atoms with E-state index in [4.69, 9.17) is 9.97 Å². The van der Waals surface area contributed by atoms with Crippen LogP contribution in [0, 0.1) is 0 Å². The summed E-state index contributed by atoms with van der Waals surface area (Å²) in [6, 6.07) is 75.5. The maximum atomic E-state index is 5.52. The first-order valence-corrected chi connectivity index (χ1v) is 25.1. The molecule has 5 aromatic heterocycles. The Morgan fingerprint density at radius 1 is 0.278 bits per heavy atom. The molecule has 0 radical (unpaired) electrons. The van der Waals surface area contributed by atoms with E-state index in [0.29, 0.717) is 5.82 Å². The molecule has 0 bridgehead atoms. The van der Waals surface area contributed by atoms with Crippen LogP contribution < -0.4 is 0 Å². The van der Waals surface area contributed by atoms with Gasteiger partial charge in [-0.25, -0.2) is 9.97 Å². The second-order valence-corrected chi connectivity index (χ2v) is 21.6. The second-order valence-electron chi connectivity index (χ2n) is 21.6. The lowest BCUT2D eigenvalue weighted by molar-refractivity contribution is 0.591. The van der Waals surface area contributed by atoms with Crippen LogP contribution in [0.1, 0.15) is 52.7 Å². The monoisotopic (exact) mass is 928 g/mol. The van der Waals surface area contributed by atoms with Gasteiger partial charge >= 0.3 is 0 Å². The average Bonchev–Trinajstić information content (AvgIpc) is 4.12. The Kier molecular flexibility index (Phi) is 9.01. The predicted molar refractivity (Wildman–Crippen MR) is 302 cm³/mol. The Bertz CT molecular complexity index is 4150. The van der Waals surface area contributed by atoms with Crippen LogP contribution in [0.4, 0.5) is 0 Å². The summed E-state index contributed by atoms with van der Waals surface area (Å²) >= 11 is 0. The lowest BCUT2D eigenvalue weighted by Gasteiger charge is -2.19. The largest absolute Gasteiger partial charge is 0.309 e. The van der Waals surface area contributed by atoms with Gasteiger partial charge in [0.2, 0.25) is 0 Å². The number of hydrogen-bond acceptors (Lipinski definition) is 2. The van der Waals surface area contributed by atoms with Gasteiger partial charge in [-0.05, 0) is 107 Å². The minimum Gasteiger partial charge on any atom is -0.309 e. The molecule has 0 fully saturated rings. The minimum atomic E-state index is -0.0551. The fraction of sp³-hybridized carbons (Fsp3) is 0.121. The smallest absolute Gasteiger partial charge is 0.163 e. The molecular formula is C66H52N6. The minimum absolute atomic E-state index is 0.0551. The molecule has 14 aromatic rings. The number of aromatic nitrogens is 6. The molecule has 346 valence electrons. The maximum Gasteiger partial charge on any atom is 0.163 e. The van der Waals surface area contributed by atoms with Crippen molar-refractivity contribution in [1.29, 1.82) is 0 Å². The van der Waals surface area contributed by atoms with E-state index >= 15 is 0 Å². The zero-order valence-electron chi connectivity index (χ0n) is 41.3. The highest BCUT2D eigenvalue weighted by Gasteiger charge is 2.25. The lowest BCUT2D eigenvalue weighted by atomic mass is 9.86. The number of hydrogen-bond donors (Lipinski definition) is 0. The number of benzene rings is 9. The molecule has 0 atom stereocenters. The average molecular weight is 929 g/mol. The van der Waals surface area contributed by atoms with Crippen molar-refractivity contribution in [3.05, 3.63) is 217 Å². The number of rotatable bonds is 5. The number of nitrogens with zero attached hydrogens (tertiary/aromatic N) is 6. The van der Waals surface area contributed by atoms with Crippen molar-refractivity contribution in [3.63, 3.8) is 0 Å². The van der Waals surface area contributed by atoms with E-state index in [0.717, 1.165) is 50.6 Å². The van der Waals surface area contributed by atoms with Crippen LogP contribution >= 0.6 is 0 Å². The first kappa shape index (κ1) is 42.2. The van der Waals surface area contributed by atoms with Crippen molar-refractivity contribution in [1.82, 2.24) is 28.2 Å². The Hall–Kier alpha value is -8.74. The van der Waals surface area contributed by atoms with Crippen molar-refractivity contribution >= 4 is 87.2 Å². The molecule has 0 aliphatic carbocycles. The summed E-state index contributed by atoms with van der Waals surface area (Å²) < 4.78 is 9.54. The van der Waals surface area contributed by atoms with Gasteiger partial charge in [0.25, 0.3) is 0 Å². The molecule has 0 aliphatic rings. The Morgan fingerprint density at radius 2 is 0.597 bits per heavy atom. The Morgan fingerprint density at radius 3 is 0.972 bits per heavy atom. The summed E-state index contributed by atoms with van der Waals surface area (Å²) in [6.45, 7) is 13.8. The van der Waals surface area contributed by atoms with Crippen LogP contribution in [0.15, 0.2) is 206 Å². The predicted octanol–water partition coefficient (Wildman–Crippen LogP) is 17.1. The van der Waals surface area contributed by atoms with E-state index in [-0.39, 0.29) is 10.8 Å². The van der Waals surface area contributed by atoms with Crippen molar-refractivity contribution in [2.45, 2.75) is 52.4 Å². The van der Waals surface area contributed by atoms with Gasteiger partial charge in [-0.15, -0.1) is 0 Å². The Balaban J connectivity index is 1.05. The third-order valence-corrected chi connectivity index (χ3v) is 15.1. The summed E-state index contributed by atoms with van der Waals surface area (Å²) in [5.74, 6) is 2.26. The second kappa shape index (κ2) is 15.4. The summed E-state index contributed by atoms with van der Waals surface area (Å²) in [5.41, 5.74) is 14.7. The van der Waals surface area contributed by atoms with Crippen LogP contribution in [-0.2, 0) is 10.8 Å². The molecule has 0 unspecified atom stereocenters.